The predicted octanol–water partition coefficient (Wildman–Crippen LogP) is 4.36. The Kier molecular flexibility index (Phi) is 6.73. The van der Waals surface area contributed by atoms with Crippen molar-refractivity contribution in [3.05, 3.63) is 33.8 Å². The van der Waals surface area contributed by atoms with Crippen LogP contribution in [0.4, 0.5) is 0 Å². The first-order valence-electron chi connectivity index (χ1n) is 7.26. The van der Waals surface area contributed by atoms with E-state index in [9.17, 15) is 0 Å². The highest BCUT2D eigenvalue weighted by Crippen LogP contribution is 2.29. The van der Waals surface area contributed by atoms with Gasteiger partial charge in [-0.3, -0.25) is 0 Å². The first-order valence-corrected chi connectivity index (χ1v) is 9.02. The average Bonchev–Trinajstić information content (AvgIpc) is 3.10. The van der Waals surface area contributed by atoms with Crippen molar-refractivity contribution in [2.75, 3.05) is 13.2 Å². The molecular formula is C16H23NOS2. The summed E-state index contributed by atoms with van der Waals surface area (Å²) in [5.41, 5.74) is 1.34. The number of hydrogen-bond acceptors (Lipinski definition) is 4. The lowest BCUT2D eigenvalue weighted by molar-refractivity contribution is 0.248. The molecule has 0 aliphatic rings. The summed E-state index contributed by atoms with van der Waals surface area (Å²) in [7, 11) is 0. The van der Waals surface area contributed by atoms with Crippen LogP contribution in [0, 0.1) is 5.92 Å². The van der Waals surface area contributed by atoms with Crippen LogP contribution in [-0.2, 0) is 6.54 Å². The molecule has 2 nitrogen and oxygen atoms in total. The molecule has 4 heteroatoms. The van der Waals surface area contributed by atoms with E-state index in [1.165, 1.54) is 28.2 Å². The fraction of sp³-hybridized carbons (Fsp3) is 0.500. The van der Waals surface area contributed by atoms with Crippen LogP contribution in [0.2, 0.25) is 0 Å². The minimum atomic E-state index is 0.299. The molecule has 0 aliphatic heterocycles. The van der Waals surface area contributed by atoms with Crippen molar-refractivity contribution in [1.82, 2.24) is 5.32 Å². The van der Waals surface area contributed by atoms with E-state index in [1.54, 1.807) is 11.3 Å². The summed E-state index contributed by atoms with van der Waals surface area (Å²) in [4.78, 5) is 2.73. The molecule has 0 saturated heterocycles. The van der Waals surface area contributed by atoms with Crippen LogP contribution in [0.1, 0.15) is 31.1 Å². The molecule has 0 radical (unpaired) electrons. The van der Waals surface area contributed by atoms with Crippen molar-refractivity contribution in [2.45, 2.75) is 32.7 Å². The van der Waals surface area contributed by atoms with Crippen LogP contribution in [-0.4, -0.2) is 18.3 Å². The molecule has 1 atom stereocenters. The van der Waals surface area contributed by atoms with E-state index >= 15 is 0 Å². The summed E-state index contributed by atoms with van der Waals surface area (Å²) < 4.78 is 0. The zero-order valence-electron chi connectivity index (χ0n) is 12.0. The molecule has 1 unspecified atom stereocenters. The second kappa shape index (κ2) is 8.57. The lowest BCUT2D eigenvalue weighted by Crippen LogP contribution is -2.22. The van der Waals surface area contributed by atoms with E-state index in [4.69, 9.17) is 5.11 Å². The summed E-state index contributed by atoms with van der Waals surface area (Å²) in [5.74, 6) is 0.599. The van der Waals surface area contributed by atoms with Gasteiger partial charge < -0.3 is 10.4 Å². The minimum absolute atomic E-state index is 0.299. The predicted molar refractivity (Wildman–Crippen MR) is 89.4 cm³/mol. The molecule has 2 aromatic rings. The number of thiophene rings is 2. The lowest BCUT2D eigenvalue weighted by Gasteiger charge is -2.15. The normalized spacial score (nSPS) is 12.7. The van der Waals surface area contributed by atoms with E-state index in [1.807, 2.05) is 11.3 Å². The zero-order chi connectivity index (χ0) is 14.2. The van der Waals surface area contributed by atoms with Crippen LogP contribution in [0.3, 0.4) is 0 Å². The summed E-state index contributed by atoms with van der Waals surface area (Å²) in [6.07, 6.45) is 3.29. The smallest absolute Gasteiger partial charge is 0.0434 e. The largest absolute Gasteiger partial charge is 0.396 e. The van der Waals surface area contributed by atoms with Gasteiger partial charge in [-0.05, 0) is 48.2 Å². The number of hydrogen-bond donors (Lipinski definition) is 2. The summed E-state index contributed by atoms with van der Waals surface area (Å²) in [5, 5.41) is 17.0. The van der Waals surface area contributed by atoms with Gasteiger partial charge in [0.1, 0.15) is 0 Å². The Labute approximate surface area is 129 Å². The van der Waals surface area contributed by atoms with Gasteiger partial charge in [0.25, 0.3) is 0 Å². The monoisotopic (exact) mass is 309 g/mol. The van der Waals surface area contributed by atoms with Gasteiger partial charge in [0.05, 0.1) is 0 Å². The molecule has 0 amide bonds. The number of aliphatic hydroxyl groups is 1. The second-order valence-corrected chi connectivity index (χ2v) is 7.02. The number of nitrogens with one attached hydrogen (secondary N) is 1. The highest BCUT2D eigenvalue weighted by Gasteiger charge is 2.07. The van der Waals surface area contributed by atoms with Gasteiger partial charge in [-0.2, -0.15) is 0 Å². The fourth-order valence-corrected chi connectivity index (χ4v) is 4.03. The van der Waals surface area contributed by atoms with Crippen molar-refractivity contribution >= 4 is 22.7 Å². The molecule has 2 heterocycles. The average molecular weight is 310 g/mol. The van der Waals surface area contributed by atoms with Gasteiger partial charge in [-0.15, -0.1) is 22.7 Å². The van der Waals surface area contributed by atoms with Gasteiger partial charge in [-0.25, -0.2) is 0 Å². The molecule has 2 N–H and O–H groups in total. The van der Waals surface area contributed by atoms with Crippen LogP contribution in [0.25, 0.3) is 10.4 Å². The fourth-order valence-electron chi connectivity index (χ4n) is 2.38. The molecule has 110 valence electrons. The van der Waals surface area contributed by atoms with Crippen molar-refractivity contribution < 1.29 is 5.11 Å². The third-order valence-corrected chi connectivity index (χ3v) is 5.28. The van der Waals surface area contributed by atoms with Crippen LogP contribution in [0.5, 0.6) is 0 Å². The molecule has 0 spiro atoms. The van der Waals surface area contributed by atoms with Crippen LogP contribution < -0.4 is 5.32 Å². The summed E-state index contributed by atoms with van der Waals surface area (Å²) >= 11 is 3.61. The SMILES string of the molecule is CCCC(CCO)CNCc1cc(-c2cccs2)cs1. The van der Waals surface area contributed by atoms with Crippen molar-refractivity contribution in [1.29, 1.82) is 0 Å². The number of aliphatic hydroxyl groups excluding tert-OH is 1. The lowest BCUT2D eigenvalue weighted by atomic mass is 10.0. The zero-order valence-corrected chi connectivity index (χ0v) is 13.6. The molecule has 2 aromatic heterocycles. The number of rotatable bonds is 9. The maximum Gasteiger partial charge on any atom is 0.0434 e. The Morgan fingerprint density at radius 1 is 1.30 bits per heavy atom. The Balaban J connectivity index is 1.79. The van der Waals surface area contributed by atoms with E-state index in [0.29, 0.717) is 12.5 Å². The van der Waals surface area contributed by atoms with E-state index in [0.717, 1.165) is 19.5 Å². The Morgan fingerprint density at radius 3 is 2.90 bits per heavy atom. The Hall–Kier alpha value is -0.680. The molecule has 2 rings (SSSR count). The van der Waals surface area contributed by atoms with E-state index < -0.39 is 0 Å². The molecule has 0 fully saturated rings. The Morgan fingerprint density at radius 2 is 2.20 bits per heavy atom. The molecule has 0 aliphatic carbocycles. The van der Waals surface area contributed by atoms with Crippen molar-refractivity contribution in [3.63, 3.8) is 0 Å². The second-order valence-electron chi connectivity index (χ2n) is 5.08. The van der Waals surface area contributed by atoms with Gasteiger partial charge in [-0.1, -0.05) is 19.4 Å². The topological polar surface area (TPSA) is 32.3 Å². The van der Waals surface area contributed by atoms with Crippen LogP contribution >= 0.6 is 22.7 Å². The molecule has 0 saturated carbocycles. The third kappa shape index (κ3) is 4.70. The molecule has 0 bridgehead atoms. The van der Waals surface area contributed by atoms with Crippen LogP contribution in [0.15, 0.2) is 29.0 Å². The van der Waals surface area contributed by atoms with Gasteiger partial charge >= 0.3 is 0 Å². The van der Waals surface area contributed by atoms with Gasteiger partial charge in [0.2, 0.25) is 0 Å². The van der Waals surface area contributed by atoms with Gasteiger partial charge in [0.15, 0.2) is 0 Å². The molecule has 20 heavy (non-hydrogen) atoms. The maximum absolute atomic E-state index is 9.06. The maximum atomic E-state index is 9.06. The summed E-state index contributed by atoms with van der Waals surface area (Å²) in [6.45, 7) is 4.44. The van der Waals surface area contributed by atoms with Gasteiger partial charge in [0, 0.05) is 28.5 Å². The summed E-state index contributed by atoms with van der Waals surface area (Å²) in [6, 6.07) is 6.55. The van der Waals surface area contributed by atoms with E-state index in [2.05, 4.69) is 41.2 Å². The third-order valence-electron chi connectivity index (χ3n) is 3.43. The molecular weight excluding hydrogens is 286 g/mol. The molecule has 0 aromatic carbocycles. The highest BCUT2D eigenvalue weighted by atomic mass is 32.1. The Bertz CT molecular complexity index is 472. The first-order chi connectivity index (χ1) is 9.83. The van der Waals surface area contributed by atoms with Crippen molar-refractivity contribution in [3.8, 4) is 10.4 Å². The highest BCUT2D eigenvalue weighted by molar-refractivity contribution is 7.14. The quantitative estimate of drug-likeness (QED) is 0.721. The minimum Gasteiger partial charge on any atom is -0.396 e. The van der Waals surface area contributed by atoms with Crippen molar-refractivity contribution in [2.24, 2.45) is 5.92 Å². The standard InChI is InChI=1S/C16H23NOS2/c1-2-4-13(6-7-18)10-17-11-15-9-14(12-20-15)16-5-3-8-19-16/h3,5,8-9,12-13,17-18H,2,4,6-7,10-11H2,1H3. The first kappa shape index (κ1) is 15.7. The van der Waals surface area contributed by atoms with E-state index in [-0.39, 0.29) is 0 Å².